The molecule has 0 unspecified atom stereocenters. The monoisotopic (exact) mass is 261 g/mol. The van der Waals surface area contributed by atoms with Crippen molar-refractivity contribution < 1.29 is 4.79 Å². The summed E-state index contributed by atoms with van der Waals surface area (Å²) >= 11 is 0. The Hall–Kier alpha value is -2.88. The first kappa shape index (κ1) is 11.0. The predicted octanol–water partition coefficient (Wildman–Crippen LogP) is 3.06. The topological polar surface area (TPSA) is 57.8 Å². The first-order valence-corrected chi connectivity index (χ1v) is 6.37. The molecule has 96 valence electrons. The van der Waals surface area contributed by atoms with Crippen LogP contribution in [0.2, 0.25) is 0 Å². The van der Waals surface area contributed by atoms with Gasteiger partial charge in [-0.25, -0.2) is 4.98 Å². The van der Waals surface area contributed by atoms with Gasteiger partial charge in [-0.05, 0) is 29.8 Å². The fraction of sp³-hybridized carbons (Fsp3) is 0. The number of hydrogen-bond acceptors (Lipinski definition) is 2. The summed E-state index contributed by atoms with van der Waals surface area (Å²) in [5, 5.41) is 2.87. The molecule has 0 spiro atoms. The lowest BCUT2D eigenvalue weighted by atomic mass is 10.0. The smallest absolute Gasteiger partial charge is 0.256 e. The van der Waals surface area contributed by atoms with Crippen LogP contribution in [-0.2, 0) is 4.79 Å². The van der Waals surface area contributed by atoms with Gasteiger partial charge in [0, 0.05) is 16.8 Å². The Morgan fingerprint density at radius 1 is 1.10 bits per heavy atom. The molecule has 0 aliphatic carbocycles. The van der Waals surface area contributed by atoms with Crippen molar-refractivity contribution in [3.05, 3.63) is 59.9 Å². The van der Waals surface area contributed by atoms with E-state index in [2.05, 4.69) is 15.3 Å². The quantitative estimate of drug-likeness (QED) is 0.661. The number of H-pyrrole nitrogens is 1. The van der Waals surface area contributed by atoms with Crippen LogP contribution < -0.4 is 5.32 Å². The highest BCUT2D eigenvalue weighted by atomic mass is 16.2. The number of anilines is 1. The number of fused-ring (bicyclic) bond motifs is 2. The standard InChI is InChI=1S/C16H11N3O/c20-16-12(11-3-1-2-4-13(11)19-16)7-10-5-6-14-15(8-10)18-9-17-14/h1-9H,(H,17,18)(H,19,20)/b12-7+. The molecule has 2 aromatic carbocycles. The number of benzene rings is 2. The number of hydrogen-bond donors (Lipinski definition) is 2. The number of nitrogens with zero attached hydrogens (tertiary/aromatic N) is 1. The molecule has 0 fully saturated rings. The van der Waals surface area contributed by atoms with Gasteiger partial charge in [0.25, 0.3) is 5.91 Å². The minimum Gasteiger partial charge on any atom is -0.345 e. The molecule has 0 saturated heterocycles. The normalized spacial score (nSPS) is 15.6. The van der Waals surface area contributed by atoms with Crippen molar-refractivity contribution in [3.63, 3.8) is 0 Å². The van der Waals surface area contributed by atoms with Gasteiger partial charge < -0.3 is 10.3 Å². The van der Waals surface area contributed by atoms with Gasteiger partial charge in [-0.2, -0.15) is 0 Å². The van der Waals surface area contributed by atoms with Gasteiger partial charge in [0.2, 0.25) is 0 Å². The zero-order chi connectivity index (χ0) is 13.5. The Balaban J connectivity index is 1.85. The maximum absolute atomic E-state index is 12.0. The molecule has 1 amide bonds. The molecule has 2 N–H and O–H groups in total. The Morgan fingerprint density at radius 2 is 2.00 bits per heavy atom. The average Bonchev–Trinajstić information content (AvgIpc) is 3.04. The Morgan fingerprint density at radius 3 is 2.95 bits per heavy atom. The summed E-state index contributed by atoms with van der Waals surface area (Å²) in [4.78, 5) is 19.3. The van der Waals surface area contributed by atoms with Crippen molar-refractivity contribution in [2.75, 3.05) is 5.32 Å². The molecular formula is C16H11N3O. The van der Waals surface area contributed by atoms with Crippen LogP contribution >= 0.6 is 0 Å². The third kappa shape index (κ3) is 1.62. The van der Waals surface area contributed by atoms with Crippen LogP contribution in [0.5, 0.6) is 0 Å². The molecule has 1 aromatic heterocycles. The molecule has 1 aliphatic rings. The van der Waals surface area contributed by atoms with Gasteiger partial charge in [0.15, 0.2) is 0 Å². The average molecular weight is 261 g/mol. The minimum absolute atomic E-state index is 0.0617. The number of amides is 1. The molecule has 4 rings (SSSR count). The SMILES string of the molecule is O=C1Nc2ccccc2/C1=C\c1ccc2[nH]cnc2c1. The zero-order valence-electron chi connectivity index (χ0n) is 10.6. The van der Waals surface area contributed by atoms with E-state index in [1.54, 1.807) is 6.33 Å². The lowest BCUT2D eigenvalue weighted by Crippen LogP contribution is -2.03. The van der Waals surface area contributed by atoms with Gasteiger partial charge in [-0.1, -0.05) is 24.3 Å². The highest BCUT2D eigenvalue weighted by molar-refractivity contribution is 6.34. The van der Waals surface area contributed by atoms with Crippen LogP contribution in [0, 0.1) is 0 Å². The van der Waals surface area contributed by atoms with E-state index in [1.807, 2.05) is 48.5 Å². The second-order valence-corrected chi connectivity index (χ2v) is 4.74. The van der Waals surface area contributed by atoms with E-state index < -0.39 is 0 Å². The molecule has 4 heteroatoms. The second-order valence-electron chi connectivity index (χ2n) is 4.74. The highest BCUT2D eigenvalue weighted by Gasteiger charge is 2.23. The third-order valence-corrected chi connectivity index (χ3v) is 3.47. The third-order valence-electron chi connectivity index (χ3n) is 3.47. The molecule has 0 bridgehead atoms. The van der Waals surface area contributed by atoms with Crippen molar-refractivity contribution in [2.45, 2.75) is 0 Å². The number of rotatable bonds is 1. The number of nitrogens with one attached hydrogen (secondary N) is 2. The summed E-state index contributed by atoms with van der Waals surface area (Å²) in [6.45, 7) is 0. The molecule has 0 radical (unpaired) electrons. The summed E-state index contributed by atoms with van der Waals surface area (Å²) in [5.74, 6) is -0.0617. The number of carbonyl (C=O) groups excluding carboxylic acids is 1. The summed E-state index contributed by atoms with van der Waals surface area (Å²) < 4.78 is 0. The number of para-hydroxylation sites is 1. The fourth-order valence-corrected chi connectivity index (χ4v) is 2.49. The van der Waals surface area contributed by atoms with Gasteiger partial charge in [0.1, 0.15) is 0 Å². The van der Waals surface area contributed by atoms with E-state index in [9.17, 15) is 4.79 Å². The van der Waals surface area contributed by atoms with Crippen LogP contribution in [0.1, 0.15) is 11.1 Å². The largest absolute Gasteiger partial charge is 0.345 e. The first-order chi connectivity index (χ1) is 9.81. The first-order valence-electron chi connectivity index (χ1n) is 6.37. The predicted molar refractivity (Wildman–Crippen MR) is 79.0 cm³/mol. The van der Waals surface area contributed by atoms with Crippen LogP contribution in [0.15, 0.2) is 48.8 Å². The molecule has 3 aromatic rings. The molecule has 4 nitrogen and oxygen atoms in total. The summed E-state index contributed by atoms with van der Waals surface area (Å²) in [5.41, 5.74) is 5.35. The minimum atomic E-state index is -0.0617. The van der Waals surface area contributed by atoms with Gasteiger partial charge in [-0.15, -0.1) is 0 Å². The summed E-state index contributed by atoms with van der Waals surface area (Å²) in [7, 11) is 0. The lowest BCUT2D eigenvalue weighted by molar-refractivity contribution is -0.110. The van der Waals surface area contributed by atoms with Gasteiger partial charge in [-0.3, -0.25) is 4.79 Å². The summed E-state index contributed by atoms with van der Waals surface area (Å²) in [6, 6.07) is 13.6. The van der Waals surface area contributed by atoms with E-state index in [0.29, 0.717) is 5.57 Å². The van der Waals surface area contributed by atoms with E-state index in [4.69, 9.17) is 0 Å². The van der Waals surface area contributed by atoms with E-state index in [1.165, 1.54) is 0 Å². The second kappa shape index (κ2) is 4.06. The van der Waals surface area contributed by atoms with Crippen LogP contribution in [-0.4, -0.2) is 15.9 Å². The molecule has 2 heterocycles. The molecule has 20 heavy (non-hydrogen) atoms. The molecular weight excluding hydrogens is 250 g/mol. The van der Waals surface area contributed by atoms with E-state index in [-0.39, 0.29) is 5.91 Å². The zero-order valence-corrected chi connectivity index (χ0v) is 10.6. The molecule has 0 atom stereocenters. The fourth-order valence-electron chi connectivity index (χ4n) is 2.49. The number of aromatic amines is 1. The number of aromatic nitrogens is 2. The Labute approximate surface area is 115 Å². The summed E-state index contributed by atoms with van der Waals surface area (Å²) in [6.07, 6.45) is 3.56. The van der Waals surface area contributed by atoms with Crippen molar-refractivity contribution in [1.29, 1.82) is 0 Å². The van der Waals surface area contributed by atoms with Crippen molar-refractivity contribution >= 4 is 34.3 Å². The Bertz CT molecular complexity index is 861. The van der Waals surface area contributed by atoms with E-state index in [0.717, 1.165) is 27.8 Å². The van der Waals surface area contributed by atoms with Gasteiger partial charge in [0.05, 0.1) is 17.4 Å². The highest BCUT2D eigenvalue weighted by Crippen LogP contribution is 2.32. The Kier molecular flexibility index (Phi) is 2.23. The van der Waals surface area contributed by atoms with Crippen LogP contribution in [0.3, 0.4) is 0 Å². The molecule has 1 aliphatic heterocycles. The van der Waals surface area contributed by atoms with Crippen molar-refractivity contribution in [2.24, 2.45) is 0 Å². The maximum Gasteiger partial charge on any atom is 0.256 e. The van der Waals surface area contributed by atoms with E-state index >= 15 is 0 Å². The number of carbonyl (C=O) groups is 1. The van der Waals surface area contributed by atoms with Crippen molar-refractivity contribution in [1.82, 2.24) is 9.97 Å². The van der Waals surface area contributed by atoms with Crippen molar-refractivity contribution in [3.8, 4) is 0 Å². The van der Waals surface area contributed by atoms with Crippen LogP contribution in [0.4, 0.5) is 5.69 Å². The number of imidazole rings is 1. The van der Waals surface area contributed by atoms with Crippen LogP contribution in [0.25, 0.3) is 22.7 Å². The lowest BCUT2D eigenvalue weighted by Gasteiger charge is -1.98. The molecule has 0 saturated carbocycles. The van der Waals surface area contributed by atoms with Gasteiger partial charge >= 0.3 is 0 Å². The maximum atomic E-state index is 12.0.